The molecule has 0 fully saturated rings. The minimum atomic E-state index is -0.124. The van der Waals surface area contributed by atoms with Gasteiger partial charge in [0.15, 0.2) is 0 Å². The predicted molar refractivity (Wildman–Crippen MR) is 116 cm³/mol. The number of benzene rings is 3. The van der Waals surface area contributed by atoms with E-state index in [4.69, 9.17) is 0 Å². The molecule has 0 aliphatic carbocycles. The van der Waals surface area contributed by atoms with Gasteiger partial charge in [-0.15, -0.1) is 0 Å². The lowest BCUT2D eigenvalue weighted by Gasteiger charge is -2.43. The Morgan fingerprint density at radius 3 is 2.10 bits per heavy atom. The summed E-state index contributed by atoms with van der Waals surface area (Å²) in [5.74, 6) is -0.0240. The minimum Gasteiger partial charge on any atom is -0.305 e. The minimum absolute atomic E-state index is 0.00830. The highest BCUT2D eigenvalue weighted by atomic mass is 16.2. The molecule has 2 atom stereocenters. The number of anilines is 2. The van der Waals surface area contributed by atoms with Gasteiger partial charge in [0, 0.05) is 29.9 Å². The molecule has 0 radical (unpaired) electrons. The molecule has 1 aliphatic heterocycles. The maximum absolute atomic E-state index is 13.3. The van der Waals surface area contributed by atoms with Crippen molar-refractivity contribution in [2.24, 2.45) is 0 Å². The van der Waals surface area contributed by atoms with E-state index in [1.54, 1.807) is 6.92 Å². The first kappa shape index (κ1) is 18.9. The SMILES string of the molecule is CC(=O)N(c1ccccc1)[C@H]1C[C@@H](C)N(C(=O)c2ccccc2)c2ccccc21. The topological polar surface area (TPSA) is 40.6 Å². The van der Waals surface area contributed by atoms with Gasteiger partial charge in [0.2, 0.25) is 5.91 Å². The summed E-state index contributed by atoms with van der Waals surface area (Å²) in [5, 5.41) is 0. The average molecular weight is 384 g/mol. The van der Waals surface area contributed by atoms with Crippen molar-refractivity contribution >= 4 is 23.2 Å². The van der Waals surface area contributed by atoms with Crippen molar-refractivity contribution in [2.75, 3.05) is 9.80 Å². The Hall–Kier alpha value is -3.40. The highest BCUT2D eigenvalue weighted by molar-refractivity contribution is 6.07. The lowest BCUT2D eigenvalue weighted by Crippen LogP contribution is -2.47. The summed E-state index contributed by atoms with van der Waals surface area (Å²) in [5.41, 5.74) is 3.40. The third kappa shape index (κ3) is 3.54. The van der Waals surface area contributed by atoms with Crippen LogP contribution in [0.1, 0.15) is 42.2 Å². The average Bonchev–Trinajstić information content (AvgIpc) is 2.75. The molecule has 0 bridgehead atoms. The summed E-state index contributed by atoms with van der Waals surface area (Å²) < 4.78 is 0. The fourth-order valence-corrected chi connectivity index (χ4v) is 4.23. The van der Waals surface area contributed by atoms with Gasteiger partial charge in [0.25, 0.3) is 5.91 Å². The van der Waals surface area contributed by atoms with Crippen LogP contribution in [0.4, 0.5) is 11.4 Å². The Kier molecular flexibility index (Phi) is 5.17. The first-order valence-electron chi connectivity index (χ1n) is 9.90. The monoisotopic (exact) mass is 384 g/mol. The maximum Gasteiger partial charge on any atom is 0.258 e. The van der Waals surface area contributed by atoms with Gasteiger partial charge in [0.05, 0.1) is 6.04 Å². The molecule has 29 heavy (non-hydrogen) atoms. The van der Waals surface area contributed by atoms with E-state index in [2.05, 4.69) is 0 Å². The summed E-state index contributed by atoms with van der Waals surface area (Å²) in [6.45, 7) is 3.65. The number of nitrogens with zero attached hydrogens (tertiary/aromatic N) is 2. The Morgan fingerprint density at radius 1 is 0.862 bits per heavy atom. The number of carbonyl (C=O) groups is 2. The Labute approximate surface area is 171 Å². The van der Waals surface area contributed by atoms with E-state index in [1.807, 2.05) is 102 Å². The molecule has 4 rings (SSSR count). The molecule has 0 saturated heterocycles. The van der Waals surface area contributed by atoms with Crippen LogP contribution in [0, 0.1) is 0 Å². The van der Waals surface area contributed by atoms with Crippen molar-refractivity contribution < 1.29 is 9.59 Å². The molecule has 0 unspecified atom stereocenters. The first-order chi connectivity index (χ1) is 14.1. The number of carbonyl (C=O) groups excluding carboxylic acids is 2. The molecule has 1 heterocycles. The second-order valence-corrected chi connectivity index (χ2v) is 7.43. The Bertz CT molecular complexity index is 1020. The van der Waals surface area contributed by atoms with Gasteiger partial charge < -0.3 is 9.80 Å². The van der Waals surface area contributed by atoms with E-state index in [0.717, 1.165) is 16.9 Å². The number of amides is 2. The van der Waals surface area contributed by atoms with Crippen molar-refractivity contribution in [3.63, 3.8) is 0 Å². The normalized spacial score (nSPS) is 18.1. The Morgan fingerprint density at radius 2 is 1.45 bits per heavy atom. The van der Waals surface area contributed by atoms with Crippen LogP contribution in [0.5, 0.6) is 0 Å². The van der Waals surface area contributed by atoms with Gasteiger partial charge in [-0.3, -0.25) is 9.59 Å². The lowest BCUT2D eigenvalue weighted by atomic mass is 9.89. The third-order valence-electron chi connectivity index (χ3n) is 5.49. The van der Waals surface area contributed by atoms with Crippen LogP contribution >= 0.6 is 0 Å². The van der Waals surface area contributed by atoms with Gasteiger partial charge in [-0.1, -0.05) is 54.6 Å². The lowest BCUT2D eigenvalue weighted by molar-refractivity contribution is -0.117. The molecule has 4 heteroatoms. The van der Waals surface area contributed by atoms with Crippen molar-refractivity contribution in [3.8, 4) is 0 Å². The molecule has 0 aromatic heterocycles. The quantitative estimate of drug-likeness (QED) is 0.621. The van der Waals surface area contributed by atoms with Gasteiger partial charge >= 0.3 is 0 Å². The van der Waals surface area contributed by atoms with Crippen LogP contribution < -0.4 is 9.80 Å². The fourth-order valence-electron chi connectivity index (χ4n) is 4.23. The largest absolute Gasteiger partial charge is 0.305 e. The molecule has 0 spiro atoms. The summed E-state index contributed by atoms with van der Waals surface area (Å²) in [7, 11) is 0. The molecule has 3 aromatic carbocycles. The molecular formula is C25H24N2O2. The summed E-state index contributed by atoms with van der Waals surface area (Å²) in [6, 6.07) is 26.8. The van der Waals surface area contributed by atoms with E-state index in [0.29, 0.717) is 12.0 Å². The molecule has 0 N–H and O–H groups in total. The zero-order valence-corrected chi connectivity index (χ0v) is 16.7. The summed E-state index contributed by atoms with van der Waals surface area (Å²) in [4.78, 5) is 29.7. The number of fused-ring (bicyclic) bond motifs is 1. The molecule has 4 nitrogen and oxygen atoms in total. The van der Waals surface area contributed by atoms with Crippen LogP contribution in [0.15, 0.2) is 84.9 Å². The number of hydrogen-bond donors (Lipinski definition) is 0. The van der Waals surface area contributed by atoms with Gasteiger partial charge in [-0.2, -0.15) is 0 Å². The maximum atomic E-state index is 13.3. The highest BCUT2D eigenvalue weighted by Crippen LogP contribution is 2.42. The van der Waals surface area contributed by atoms with E-state index in [-0.39, 0.29) is 23.9 Å². The van der Waals surface area contributed by atoms with Crippen LogP contribution in [0.25, 0.3) is 0 Å². The van der Waals surface area contributed by atoms with Crippen molar-refractivity contribution in [3.05, 3.63) is 96.1 Å². The molecule has 0 saturated carbocycles. The zero-order chi connectivity index (χ0) is 20.4. The molecule has 2 amide bonds. The summed E-state index contributed by atoms with van der Waals surface area (Å²) in [6.07, 6.45) is 0.671. The standard InChI is InChI=1S/C25H24N2O2/c1-18-17-24(27(19(2)28)21-13-7-4-8-14-21)22-15-9-10-16-23(22)26(18)25(29)20-11-5-3-6-12-20/h3-16,18,24H,17H2,1-2H3/t18-,24+/m1/s1. The fraction of sp³-hybridized carbons (Fsp3) is 0.200. The van der Waals surface area contributed by atoms with Crippen LogP contribution in [0.3, 0.4) is 0 Å². The molecular weight excluding hydrogens is 360 g/mol. The van der Waals surface area contributed by atoms with Gasteiger partial charge in [-0.25, -0.2) is 0 Å². The van der Waals surface area contributed by atoms with Crippen molar-refractivity contribution in [1.29, 1.82) is 0 Å². The predicted octanol–water partition coefficient (Wildman–Crippen LogP) is 5.22. The molecule has 1 aliphatic rings. The van der Waals surface area contributed by atoms with E-state index < -0.39 is 0 Å². The number of para-hydroxylation sites is 2. The summed E-state index contributed by atoms with van der Waals surface area (Å²) >= 11 is 0. The molecule has 146 valence electrons. The number of rotatable bonds is 3. The third-order valence-corrected chi connectivity index (χ3v) is 5.49. The van der Waals surface area contributed by atoms with E-state index in [9.17, 15) is 9.59 Å². The van der Waals surface area contributed by atoms with Crippen LogP contribution in [-0.2, 0) is 4.79 Å². The van der Waals surface area contributed by atoms with Crippen LogP contribution in [-0.4, -0.2) is 17.9 Å². The van der Waals surface area contributed by atoms with Crippen molar-refractivity contribution in [1.82, 2.24) is 0 Å². The first-order valence-corrected chi connectivity index (χ1v) is 9.90. The zero-order valence-electron chi connectivity index (χ0n) is 16.7. The molecule has 3 aromatic rings. The second-order valence-electron chi connectivity index (χ2n) is 7.43. The number of hydrogen-bond acceptors (Lipinski definition) is 2. The smallest absolute Gasteiger partial charge is 0.258 e. The van der Waals surface area contributed by atoms with Gasteiger partial charge in [-0.05, 0) is 49.2 Å². The van der Waals surface area contributed by atoms with E-state index in [1.165, 1.54) is 0 Å². The van der Waals surface area contributed by atoms with Crippen molar-refractivity contribution in [2.45, 2.75) is 32.4 Å². The highest BCUT2D eigenvalue weighted by Gasteiger charge is 2.37. The van der Waals surface area contributed by atoms with E-state index >= 15 is 0 Å². The van der Waals surface area contributed by atoms with Gasteiger partial charge in [0.1, 0.15) is 0 Å². The van der Waals surface area contributed by atoms with Crippen LogP contribution in [0.2, 0.25) is 0 Å². The second kappa shape index (κ2) is 7.92. The Balaban J connectivity index is 1.79.